The molecule has 0 saturated carbocycles. The molecule has 7 rings (SSSR count). The molecule has 1 aliphatic heterocycles. The number of hydrogen-bond acceptors (Lipinski definition) is 2. The van der Waals surface area contributed by atoms with Gasteiger partial charge in [-0.1, -0.05) is 89.7 Å². The van der Waals surface area contributed by atoms with Crippen LogP contribution < -0.4 is 4.57 Å². The van der Waals surface area contributed by atoms with Crippen molar-refractivity contribution < 1.29 is 4.57 Å². The number of aromatic nitrogens is 1. The molecule has 202 valence electrons. The third kappa shape index (κ3) is 4.08. The lowest BCUT2D eigenvalue weighted by Gasteiger charge is -2.28. The van der Waals surface area contributed by atoms with E-state index in [0.717, 1.165) is 12.8 Å². The Labute approximate surface area is 246 Å². The van der Waals surface area contributed by atoms with Gasteiger partial charge in [0, 0.05) is 41.4 Å². The van der Waals surface area contributed by atoms with Gasteiger partial charge in [0.1, 0.15) is 7.05 Å². The number of hydrogen-bond donors (Lipinski definition) is 0. The van der Waals surface area contributed by atoms with E-state index in [-0.39, 0.29) is 10.8 Å². The Kier molecular flexibility index (Phi) is 5.74. The van der Waals surface area contributed by atoms with E-state index in [1.54, 1.807) is 0 Å². The lowest BCUT2D eigenvalue weighted by atomic mass is 9.83. The molecule has 0 bridgehead atoms. The number of rotatable bonds is 2. The van der Waals surface area contributed by atoms with Gasteiger partial charge in [0.15, 0.2) is 6.20 Å². The van der Waals surface area contributed by atoms with Gasteiger partial charge < -0.3 is 0 Å². The molecule has 6 aromatic rings. The molecular formula is C37H38NS2+. The van der Waals surface area contributed by atoms with Crippen LogP contribution in [0.1, 0.15) is 58.2 Å². The molecule has 0 N–H and O–H groups in total. The number of pyridine rings is 1. The minimum atomic E-state index is 0.194. The summed E-state index contributed by atoms with van der Waals surface area (Å²) in [5, 5.41) is 8.39. The van der Waals surface area contributed by atoms with Crippen molar-refractivity contribution in [3.8, 4) is 11.3 Å². The van der Waals surface area contributed by atoms with Crippen LogP contribution in [-0.4, -0.2) is 0 Å². The van der Waals surface area contributed by atoms with Crippen LogP contribution in [0, 0.1) is 17.8 Å². The van der Waals surface area contributed by atoms with Gasteiger partial charge in [0.05, 0.1) is 10.9 Å². The van der Waals surface area contributed by atoms with E-state index in [2.05, 4.69) is 121 Å². The highest BCUT2D eigenvalue weighted by Gasteiger charge is 2.33. The monoisotopic (exact) mass is 560 g/mol. The molecule has 0 fully saturated rings. The van der Waals surface area contributed by atoms with Crippen molar-refractivity contribution in [3.63, 3.8) is 0 Å². The number of thiophene rings is 1. The van der Waals surface area contributed by atoms with Gasteiger partial charge >= 0.3 is 0 Å². The average Bonchev–Trinajstić information content (AvgIpc) is 3.23. The molecule has 40 heavy (non-hydrogen) atoms. The van der Waals surface area contributed by atoms with Crippen molar-refractivity contribution in [1.29, 1.82) is 0 Å². The normalized spacial score (nSPS) is 13.6. The predicted molar refractivity (Wildman–Crippen MR) is 176 cm³/mol. The molecule has 0 amide bonds. The van der Waals surface area contributed by atoms with Gasteiger partial charge in [-0.25, -0.2) is 4.57 Å². The van der Waals surface area contributed by atoms with Crippen molar-refractivity contribution in [3.05, 3.63) is 77.5 Å². The summed E-state index contributed by atoms with van der Waals surface area (Å²) in [6.07, 6.45) is 4.43. The zero-order valence-corrected chi connectivity index (χ0v) is 26.6. The first kappa shape index (κ1) is 26.0. The van der Waals surface area contributed by atoms with Crippen LogP contribution in [0.3, 0.4) is 0 Å². The minimum absolute atomic E-state index is 0.194. The Morgan fingerprint density at radius 1 is 0.750 bits per heavy atom. The summed E-state index contributed by atoms with van der Waals surface area (Å²) in [5.74, 6) is 0. The van der Waals surface area contributed by atoms with E-state index in [9.17, 15) is 0 Å². The third-order valence-electron chi connectivity index (χ3n) is 8.31. The first-order chi connectivity index (χ1) is 18.9. The van der Waals surface area contributed by atoms with Crippen LogP contribution in [0.5, 0.6) is 0 Å². The van der Waals surface area contributed by atoms with Crippen molar-refractivity contribution in [2.75, 3.05) is 0 Å². The van der Waals surface area contributed by atoms with Crippen LogP contribution in [-0.2, 0) is 19.9 Å². The number of aryl methyl sites for hydroxylation is 2. The fourth-order valence-electron chi connectivity index (χ4n) is 6.76. The molecule has 0 radical (unpaired) electrons. The van der Waals surface area contributed by atoms with E-state index in [4.69, 9.17) is 0 Å². The van der Waals surface area contributed by atoms with Gasteiger partial charge in [-0.3, -0.25) is 0 Å². The molecule has 1 nitrogen and oxygen atoms in total. The summed E-state index contributed by atoms with van der Waals surface area (Å²) < 4.78 is 5.19. The van der Waals surface area contributed by atoms with Crippen LogP contribution in [0.25, 0.3) is 53.0 Å². The van der Waals surface area contributed by atoms with Crippen LogP contribution in [0.2, 0.25) is 0 Å². The first-order valence-electron chi connectivity index (χ1n) is 14.4. The van der Waals surface area contributed by atoms with Gasteiger partial charge in [-0.15, -0.1) is 11.3 Å². The van der Waals surface area contributed by atoms with Crippen LogP contribution in [0.15, 0.2) is 70.6 Å². The number of benzene rings is 4. The fraction of sp³-hybridized carbons (Fsp3) is 0.324. The van der Waals surface area contributed by atoms with E-state index in [1.807, 2.05) is 23.1 Å². The lowest BCUT2D eigenvalue weighted by molar-refractivity contribution is -0.659. The van der Waals surface area contributed by atoms with Gasteiger partial charge in [0.2, 0.25) is 5.69 Å². The first-order valence-corrected chi connectivity index (χ1v) is 16.1. The third-order valence-corrected chi connectivity index (χ3v) is 10.7. The molecule has 2 aromatic heterocycles. The second-order valence-electron chi connectivity index (χ2n) is 14.2. The fourth-order valence-corrected chi connectivity index (χ4v) is 9.40. The van der Waals surface area contributed by atoms with Gasteiger partial charge in [0.25, 0.3) is 0 Å². The summed E-state index contributed by atoms with van der Waals surface area (Å²) >= 11 is 3.98. The molecule has 0 unspecified atom stereocenters. The highest BCUT2D eigenvalue weighted by Crippen LogP contribution is 2.54. The molecule has 3 heteroatoms. The maximum atomic E-state index is 2.50. The maximum Gasteiger partial charge on any atom is 0.222 e. The Bertz CT molecular complexity index is 2010. The van der Waals surface area contributed by atoms with E-state index < -0.39 is 0 Å². The summed E-state index contributed by atoms with van der Waals surface area (Å²) in [7, 11) is 2.23. The molecule has 0 spiro atoms. The van der Waals surface area contributed by atoms with E-state index in [1.165, 1.54) is 79.5 Å². The number of fused-ring (bicyclic) bond motifs is 7. The number of nitrogens with zero attached hydrogens (tertiary/aromatic N) is 1. The maximum absolute atomic E-state index is 2.50. The summed E-state index contributed by atoms with van der Waals surface area (Å²) in [6.45, 7) is 16.4. The second-order valence-corrected chi connectivity index (χ2v) is 16.3. The standard InChI is InChI=1S/C37H38NS2/c1-21-23-11-9-10-12-24(23)28(20-37(5,6)7)35-31(21)33-32-26(15-16-38(33)8)34-27(18-30(32)40-35)25-14-13-22(17-29(25)39-34)19-36(2,3)4/h9-18H,19-20H2,1-8H3/q+1. The zero-order chi connectivity index (χ0) is 28.1. The van der Waals surface area contributed by atoms with Crippen LogP contribution in [0.4, 0.5) is 0 Å². The smallest absolute Gasteiger partial charge is 0.200 e. The second kappa shape index (κ2) is 8.81. The Hall–Kier alpha value is -2.88. The summed E-state index contributed by atoms with van der Waals surface area (Å²) in [4.78, 5) is 2.84. The predicted octanol–water partition coefficient (Wildman–Crippen LogP) is 10.8. The quantitative estimate of drug-likeness (QED) is 0.190. The van der Waals surface area contributed by atoms with E-state index >= 15 is 0 Å². The molecule has 1 aliphatic rings. The Balaban J connectivity index is 1.57. The van der Waals surface area contributed by atoms with Crippen molar-refractivity contribution in [2.45, 2.75) is 71.1 Å². The highest BCUT2D eigenvalue weighted by atomic mass is 32.2. The largest absolute Gasteiger partial charge is 0.222 e. The SMILES string of the molecule is Cc1c2c(c(CC(C)(C)C)c3ccccc13)Sc1cc3c4ccc(CC(C)(C)C)cc4sc3c3cc[n+](C)c-2c13. The zero-order valence-electron chi connectivity index (χ0n) is 25.0. The summed E-state index contributed by atoms with van der Waals surface area (Å²) in [5.41, 5.74) is 7.60. The van der Waals surface area contributed by atoms with Crippen LogP contribution >= 0.6 is 23.1 Å². The van der Waals surface area contributed by atoms with Gasteiger partial charge in [-0.05, 0) is 70.2 Å². The van der Waals surface area contributed by atoms with E-state index in [0.29, 0.717) is 0 Å². The Morgan fingerprint density at radius 3 is 2.20 bits per heavy atom. The molecule has 0 atom stereocenters. The highest BCUT2D eigenvalue weighted by molar-refractivity contribution is 8.00. The summed E-state index contributed by atoms with van der Waals surface area (Å²) in [6, 6.07) is 21.1. The molecular weight excluding hydrogens is 523 g/mol. The minimum Gasteiger partial charge on any atom is -0.200 e. The average molecular weight is 561 g/mol. The molecule has 3 heterocycles. The topological polar surface area (TPSA) is 3.88 Å². The van der Waals surface area contributed by atoms with Crippen molar-refractivity contribution >= 4 is 64.8 Å². The molecule has 4 aromatic carbocycles. The van der Waals surface area contributed by atoms with Crippen molar-refractivity contribution in [2.24, 2.45) is 17.9 Å². The van der Waals surface area contributed by atoms with Gasteiger partial charge in [-0.2, -0.15) is 0 Å². The Morgan fingerprint density at radius 2 is 1.48 bits per heavy atom. The lowest BCUT2D eigenvalue weighted by Crippen LogP contribution is -2.32. The van der Waals surface area contributed by atoms with Crippen molar-refractivity contribution in [1.82, 2.24) is 0 Å². The molecule has 0 saturated heterocycles. The molecule has 0 aliphatic carbocycles.